The van der Waals surface area contributed by atoms with Crippen LogP contribution in [-0.2, 0) is 0 Å². The number of halogens is 2. The molecule has 2 rings (SSSR count). The Balaban J connectivity index is 2.32. The van der Waals surface area contributed by atoms with Crippen LogP contribution in [0.15, 0.2) is 12.3 Å². The standard InChI is InChI=1S/C9H9F2N2/c1-7-6-12-4-2-8(7)13-5-3-9(13,10)11/h2,4H,3,5H2,1H3. The van der Waals surface area contributed by atoms with Crippen LogP contribution in [0.25, 0.3) is 0 Å². The summed E-state index contributed by atoms with van der Waals surface area (Å²) >= 11 is 0. The van der Waals surface area contributed by atoms with Crippen molar-refractivity contribution >= 4 is 5.69 Å². The van der Waals surface area contributed by atoms with Gasteiger partial charge in [-0.25, -0.2) is 0 Å². The van der Waals surface area contributed by atoms with Crippen LogP contribution in [-0.4, -0.2) is 17.6 Å². The van der Waals surface area contributed by atoms with Crippen molar-refractivity contribution in [3.63, 3.8) is 0 Å². The van der Waals surface area contributed by atoms with E-state index in [9.17, 15) is 8.78 Å². The lowest BCUT2D eigenvalue weighted by Gasteiger charge is -2.42. The first-order valence-corrected chi connectivity index (χ1v) is 4.10. The van der Waals surface area contributed by atoms with E-state index in [1.807, 2.05) is 0 Å². The van der Waals surface area contributed by atoms with Gasteiger partial charge in [-0.15, -0.1) is 0 Å². The average Bonchev–Trinajstić information content (AvgIpc) is 2.07. The van der Waals surface area contributed by atoms with Crippen molar-refractivity contribution in [3.8, 4) is 0 Å². The van der Waals surface area contributed by atoms with Crippen molar-refractivity contribution in [1.29, 1.82) is 0 Å². The van der Waals surface area contributed by atoms with E-state index >= 15 is 0 Å². The fourth-order valence-electron chi connectivity index (χ4n) is 1.41. The van der Waals surface area contributed by atoms with E-state index in [0.29, 0.717) is 17.8 Å². The minimum absolute atomic E-state index is 0.0608. The Morgan fingerprint density at radius 1 is 1.62 bits per heavy atom. The van der Waals surface area contributed by atoms with Gasteiger partial charge in [0.1, 0.15) is 0 Å². The first-order chi connectivity index (χ1) is 6.11. The van der Waals surface area contributed by atoms with Crippen LogP contribution in [0, 0.1) is 13.1 Å². The van der Waals surface area contributed by atoms with Gasteiger partial charge in [0.15, 0.2) is 0 Å². The molecule has 0 aliphatic carbocycles. The summed E-state index contributed by atoms with van der Waals surface area (Å²) in [6, 6.07) is -1.08. The van der Waals surface area contributed by atoms with E-state index in [1.54, 1.807) is 13.0 Å². The van der Waals surface area contributed by atoms with Crippen molar-refractivity contribution in [2.45, 2.75) is 19.4 Å². The third-order valence-corrected chi connectivity index (χ3v) is 2.25. The number of aromatic nitrogens is 1. The van der Waals surface area contributed by atoms with Gasteiger partial charge in [0.2, 0.25) is 0 Å². The van der Waals surface area contributed by atoms with Gasteiger partial charge in [-0.2, -0.15) is 8.78 Å². The molecule has 1 radical (unpaired) electrons. The second kappa shape index (κ2) is 2.65. The van der Waals surface area contributed by atoms with Crippen LogP contribution in [0.5, 0.6) is 0 Å². The van der Waals surface area contributed by atoms with Crippen molar-refractivity contribution in [2.24, 2.45) is 0 Å². The Kier molecular flexibility index (Phi) is 1.71. The SMILES string of the molecule is Cc1[c]nccc1N1CCC1(F)F. The van der Waals surface area contributed by atoms with Gasteiger partial charge in [0.05, 0.1) is 6.20 Å². The highest BCUT2D eigenvalue weighted by Gasteiger charge is 2.46. The summed E-state index contributed by atoms with van der Waals surface area (Å²) in [5.41, 5.74) is 1.20. The molecule has 1 fully saturated rings. The molecule has 0 N–H and O–H groups in total. The van der Waals surface area contributed by atoms with Gasteiger partial charge in [-0.3, -0.25) is 4.98 Å². The van der Waals surface area contributed by atoms with Crippen LogP contribution in [0.1, 0.15) is 12.0 Å². The summed E-state index contributed by atoms with van der Waals surface area (Å²) < 4.78 is 25.9. The second-order valence-corrected chi connectivity index (χ2v) is 3.13. The number of hydrogen-bond acceptors (Lipinski definition) is 2. The van der Waals surface area contributed by atoms with E-state index in [-0.39, 0.29) is 6.42 Å². The maximum atomic E-state index is 13.0. The normalized spacial score (nSPS) is 19.8. The van der Waals surface area contributed by atoms with Crippen molar-refractivity contribution in [1.82, 2.24) is 4.98 Å². The van der Waals surface area contributed by atoms with Gasteiger partial charge in [-0.05, 0) is 13.0 Å². The van der Waals surface area contributed by atoms with Crippen LogP contribution in [0.2, 0.25) is 0 Å². The molecule has 4 heteroatoms. The molecule has 1 aliphatic rings. The lowest BCUT2D eigenvalue weighted by molar-refractivity contribution is -0.0548. The Hall–Kier alpha value is -1.19. The number of rotatable bonds is 1. The number of aryl methyl sites for hydroxylation is 1. The molecular weight excluding hydrogens is 174 g/mol. The van der Waals surface area contributed by atoms with Crippen molar-refractivity contribution < 1.29 is 8.78 Å². The minimum atomic E-state index is -2.68. The van der Waals surface area contributed by atoms with Crippen molar-refractivity contribution in [3.05, 3.63) is 24.0 Å². The highest BCUT2D eigenvalue weighted by molar-refractivity contribution is 5.54. The van der Waals surface area contributed by atoms with E-state index < -0.39 is 6.05 Å². The number of anilines is 1. The Morgan fingerprint density at radius 3 is 2.85 bits per heavy atom. The summed E-state index contributed by atoms with van der Waals surface area (Å²) in [7, 11) is 0. The summed E-state index contributed by atoms with van der Waals surface area (Å²) in [5.74, 6) is 0. The first-order valence-electron chi connectivity index (χ1n) is 4.10. The summed E-state index contributed by atoms with van der Waals surface area (Å²) in [5, 5.41) is 0. The molecule has 2 nitrogen and oxygen atoms in total. The molecule has 0 amide bonds. The molecule has 0 bridgehead atoms. The third-order valence-electron chi connectivity index (χ3n) is 2.25. The quantitative estimate of drug-likeness (QED) is 0.619. The maximum Gasteiger partial charge on any atom is 0.327 e. The molecule has 0 atom stereocenters. The van der Waals surface area contributed by atoms with E-state index in [1.165, 1.54) is 6.20 Å². The number of pyridine rings is 1. The molecule has 0 unspecified atom stereocenters. The van der Waals surface area contributed by atoms with Crippen LogP contribution >= 0.6 is 0 Å². The number of nitrogens with zero attached hydrogens (tertiary/aromatic N) is 2. The predicted octanol–water partition coefficient (Wildman–Crippen LogP) is 1.99. The van der Waals surface area contributed by atoms with Crippen LogP contribution < -0.4 is 4.90 Å². The third kappa shape index (κ3) is 1.26. The fourth-order valence-corrected chi connectivity index (χ4v) is 1.41. The van der Waals surface area contributed by atoms with E-state index in [2.05, 4.69) is 11.2 Å². The zero-order chi connectivity index (χ0) is 9.47. The van der Waals surface area contributed by atoms with E-state index in [4.69, 9.17) is 0 Å². The molecule has 0 spiro atoms. The Labute approximate surface area is 75.2 Å². The predicted molar refractivity (Wildman–Crippen MR) is 44.7 cm³/mol. The monoisotopic (exact) mass is 183 g/mol. The fraction of sp³-hybridized carbons (Fsp3) is 0.444. The van der Waals surface area contributed by atoms with Gasteiger partial charge in [0.25, 0.3) is 0 Å². The van der Waals surface area contributed by atoms with E-state index in [0.717, 1.165) is 4.90 Å². The molecule has 69 valence electrons. The van der Waals surface area contributed by atoms with Crippen LogP contribution in [0.4, 0.5) is 14.5 Å². The lowest BCUT2D eigenvalue weighted by atomic mass is 10.1. The van der Waals surface area contributed by atoms with Gasteiger partial charge >= 0.3 is 6.05 Å². The summed E-state index contributed by atoms with van der Waals surface area (Å²) in [6.07, 6.45) is 4.08. The molecule has 0 aromatic carbocycles. The molecule has 13 heavy (non-hydrogen) atoms. The molecular formula is C9H9F2N2. The minimum Gasteiger partial charge on any atom is -0.313 e. The smallest absolute Gasteiger partial charge is 0.313 e. The highest BCUT2D eigenvalue weighted by Crippen LogP contribution is 2.38. The molecule has 1 aromatic rings. The molecule has 1 saturated heterocycles. The second-order valence-electron chi connectivity index (χ2n) is 3.13. The van der Waals surface area contributed by atoms with Gasteiger partial charge in [0, 0.05) is 30.4 Å². The first kappa shape index (κ1) is 8.41. The van der Waals surface area contributed by atoms with Gasteiger partial charge < -0.3 is 4.90 Å². The zero-order valence-electron chi connectivity index (χ0n) is 7.22. The lowest BCUT2D eigenvalue weighted by Crippen LogP contribution is -2.54. The Bertz CT molecular complexity index is 325. The number of hydrogen-bond donors (Lipinski definition) is 0. The molecule has 0 saturated carbocycles. The highest BCUT2D eigenvalue weighted by atomic mass is 19.3. The molecule has 1 aromatic heterocycles. The molecule has 2 heterocycles. The number of alkyl halides is 2. The topological polar surface area (TPSA) is 16.1 Å². The zero-order valence-corrected chi connectivity index (χ0v) is 7.22. The largest absolute Gasteiger partial charge is 0.327 e. The van der Waals surface area contributed by atoms with Crippen LogP contribution in [0.3, 0.4) is 0 Å². The summed E-state index contributed by atoms with van der Waals surface area (Å²) in [6.45, 7) is 2.14. The van der Waals surface area contributed by atoms with Crippen molar-refractivity contribution in [2.75, 3.05) is 11.4 Å². The Morgan fingerprint density at radius 2 is 2.38 bits per heavy atom. The summed E-state index contributed by atoms with van der Waals surface area (Å²) in [4.78, 5) is 4.82. The molecule has 1 aliphatic heterocycles. The average molecular weight is 183 g/mol. The van der Waals surface area contributed by atoms with Gasteiger partial charge in [-0.1, -0.05) is 0 Å². The maximum absolute atomic E-state index is 13.0.